The highest BCUT2D eigenvalue weighted by molar-refractivity contribution is 9.10. The van der Waals surface area contributed by atoms with E-state index in [1.807, 2.05) is 7.05 Å². The van der Waals surface area contributed by atoms with Crippen molar-refractivity contribution in [3.63, 3.8) is 0 Å². The fraction of sp³-hybridized carbons (Fsp3) is 0.600. The first-order valence-electron chi connectivity index (χ1n) is 6.83. The topological polar surface area (TPSA) is 12.0 Å². The third-order valence-corrected chi connectivity index (χ3v) is 4.70. The van der Waals surface area contributed by atoms with Crippen molar-refractivity contribution >= 4 is 15.9 Å². The number of rotatable bonds is 4. The van der Waals surface area contributed by atoms with E-state index in [1.54, 1.807) is 12.1 Å². The predicted molar refractivity (Wildman–Crippen MR) is 77.1 cm³/mol. The van der Waals surface area contributed by atoms with Crippen LogP contribution in [0.25, 0.3) is 0 Å². The van der Waals surface area contributed by atoms with E-state index < -0.39 is 0 Å². The smallest absolute Gasteiger partial charge is 0.123 e. The standard InChI is InChI=1S/C15H21BrFN/c1-18-15(9-11-5-3-2-4-6-11)13-10-12(17)7-8-14(13)16/h7-8,10-11,15,18H,2-6,9H2,1H3. The van der Waals surface area contributed by atoms with Crippen molar-refractivity contribution in [2.75, 3.05) is 7.05 Å². The Labute approximate surface area is 117 Å². The Morgan fingerprint density at radius 1 is 1.33 bits per heavy atom. The molecular weight excluding hydrogens is 293 g/mol. The Morgan fingerprint density at radius 2 is 2.06 bits per heavy atom. The molecule has 0 spiro atoms. The van der Waals surface area contributed by atoms with E-state index in [0.29, 0.717) is 0 Å². The summed E-state index contributed by atoms with van der Waals surface area (Å²) in [6.45, 7) is 0. The van der Waals surface area contributed by atoms with E-state index in [0.717, 1.165) is 22.4 Å². The first-order chi connectivity index (χ1) is 8.70. The number of hydrogen-bond acceptors (Lipinski definition) is 1. The van der Waals surface area contributed by atoms with Crippen molar-refractivity contribution in [2.24, 2.45) is 5.92 Å². The van der Waals surface area contributed by atoms with E-state index in [-0.39, 0.29) is 11.9 Å². The first kappa shape index (κ1) is 14.0. The molecule has 1 aliphatic rings. The van der Waals surface area contributed by atoms with Crippen molar-refractivity contribution in [3.05, 3.63) is 34.1 Å². The highest BCUT2D eigenvalue weighted by atomic mass is 79.9. The van der Waals surface area contributed by atoms with Crippen LogP contribution >= 0.6 is 15.9 Å². The minimum atomic E-state index is -0.155. The summed E-state index contributed by atoms with van der Waals surface area (Å²) in [5.74, 6) is 0.628. The molecule has 1 aromatic rings. The quantitative estimate of drug-likeness (QED) is 0.840. The Kier molecular flexibility index (Phi) is 5.19. The van der Waals surface area contributed by atoms with E-state index in [9.17, 15) is 4.39 Å². The SMILES string of the molecule is CNC(CC1CCCCC1)c1cc(F)ccc1Br. The number of halogens is 2. The summed E-state index contributed by atoms with van der Waals surface area (Å²) in [4.78, 5) is 0. The van der Waals surface area contributed by atoms with Gasteiger partial charge in [-0.05, 0) is 43.1 Å². The minimum absolute atomic E-state index is 0.155. The molecule has 0 aliphatic heterocycles. The van der Waals surface area contributed by atoms with Crippen molar-refractivity contribution in [1.29, 1.82) is 0 Å². The van der Waals surface area contributed by atoms with Gasteiger partial charge in [0.25, 0.3) is 0 Å². The Bertz CT molecular complexity index is 388. The van der Waals surface area contributed by atoms with Crippen LogP contribution in [0.4, 0.5) is 4.39 Å². The molecule has 18 heavy (non-hydrogen) atoms. The minimum Gasteiger partial charge on any atom is -0.313 e. The molecule has 0 radical (unpaired) electrons. The van der Waals surface area contributed by atoms with Crippen LogP contribution < -0.4 is 5.32 Å². The molecule has 0 aromatic heterocycles. The highest BCUT2D eigenvalue weighted by Crippen LogP contribution is 2.34. The molecule has 1 atom stereocenters. The van der Waals surface area contributed by atoms with Gasteiger partial charge in [-0.2, -0.15) is 0 Å². The van der Waals surface area contributed by atoms with Crippen molar-refractivity contribution < 1.29 is 4.39 Å². The second-order valence-corrected chi connectivity index (χ2v) is 6.10. The molecule has 0 saturated heterocycles. The Hall–Kier alpha value is -0.410. The van der Waals surface area contributed by atoms with Gasteiger partial charge in [-0.25, -0.2) is 4.39 Å². The fourth-order valence-corrected chi connectivity index (χ4v) is 3.46. The lowest BCUT2D eigenvalue weighted by Crippen LogP contribution is -2.21. The number of hydrogen-bond donors (Lipinski definition) is 1. The summed E-state index contributed by atoms with van der Waals surface area (Å²) >= 11 is 3.53. The molecular formula is C15H21BrFN. The van der Waals surface area contributed by atoms with Gasteiger partial charge >= 0.3 is 0 Å². The van der Waals surface area contributed by atoms with Crippen molar-refractivity contribution in [2.45, 2.75) is 44.6 Å². The van der Waals surface area contributed by atoms with Gasteiger partial charge in [-0.1, -0.05) is 48.0 Å². The lowest BCUT2D eigenvalue weighted by Gasteiger charge is -2.27. The Morgan fingerprint density at radius 3 is 2.72 bits per heavy atom. The molecule has 100 valence electrons. The molecule has 1 nitrogen and oxygen atoms in total. The van der Waals surface area contributed by atoms with Crippen LogP contribution in [0.1, 0.15) is 50.1 Å². The maximum Gasteiger partial charge on any atom is 0.123 e. The summed E-state index contributed by atoms with van der Waals surface area (Å²) in [5.41, 5.74) is 1.04. The zero-order chi connectivity index (χ0) is 13.0. The van der Waals surface area contributed by atoms with E-state index in [1.165, 1.54) is 38.2 Å². The Balaban J connectivity index is 2.09. The molecule has 1 aromatic carbocycles. The molecule has 0 heterocycles. The van der Waals surface area contributed by atoms with Crippen LogP contribution in [0.5, 0.6) is 0 Å². The molecule has 3 heteroatoms. The van der Waals surface area contributed by atoms with Gasteiger partial charge in [-0.3, -0.25) is 0 Å². The fourth-order valence-electron chi connectivity index (χ4n) is 2.94. The largest absolute Gasteiger partial charge is 0.313 e. The predicted octanol–water partition coefficient (Wildman–Crippen LogP) is 4.82. The van der Waals surface area contributed by atoms with Gasteiger partial charge in [-0.15, -0.1) is 0 Å². The third-order valence-electron chi connectivity index (χ3n) is 3.98. The molecule has 0 bridgehead atoms. The molecule has 1 saturated carbocycles. The lowest BCUT2D eigenvalue weighted by atomic mass is 9.83. The van der Waals surface area contributed by atoms with Crippen molar-refractivity contribution in [3.8, 4) is 0 Å². The molecule has 1 N–H and O–H groups in total. The average molecular weight is 314 g/mol. The van der Waals surface area contributed by atoms with Gasteiger partial charge in [0.05, 0.1) is 0 Å². The maximum atomic E-state index is 13.4. The van der Waals surface area contributed by atoms with Crippen LogP contribution in [0, 0.1) is 11.7 Å². The summed E-state index contributed by atoms with van der Waals surface area (Å²) < 4.78 is 14.4. The zero-order valence-corrected chi connectivity index (χ0v) is 12.5. The van der Waals surface area contributed by atoms with Gasteiger partial charge in [0, 0.05) is 10.5 Å². The second-order valence-electron chi connectivity index (χ2n) is 5.25. The van der Waals surface area contributed by atoms with E-state index in [2.05, 4.69) is 21.2 Å². The average Bonchev–Trinajstić information content (AvgIpc) is 2.40. The molecule has 1 aliphatic carbocycles. The van der Waals surface area contributed by atoms with Crippen LogP contribution in [-0.2, 0) is 0 Å². The number of benzene rings is 1. The van der Waals surface area contributed by atoms with Crippen LogP contribution in [0.2, 0.25) is 0 Å². The van der Waals surface area contributed by atoms with Crippen LogP contribution in [-0.4, -0.2) is 7.05 Å². The van der Waals surface area contributed by atoms with Crippen molar-refractivity contribution in [1.82, 2.24) is 5.32 Å². The third kappa shape index (κ3) is 3.55. The van der Waals surface area contributed by atoms with Gasteiger partial charge in [0.15, 0.2) is 0 Å². The lowest BCUT2D eigenvalue weighted by molar-refractivity contribution is 0.305. The molecule has 1 fully saturated rings. The first-order valence-corrected chi connectivity index (χ1v) is 7.62. The maximum absolute atomic E-state index is 13.4. The zero-order valence-electron chi connectivity index (χ0n) is 10.9. The van der Waals surface area contributed by atoms with Crippen LogP contribution in [0.15, 0.2) is 22.7 Å². The molecule has 0 amide bonds. The van der Waals surface area contributed by atoms with Gasteiger partial charge < -0.3 is 5.32 Å². The molecule has 2 rings (SSSR count). The normalized spacial score (nSPS) is 18.8. The highest BCUT2D eigenvalue weighted by Gasteiger charge is 2.20. The summed E-state index contributed by atoms with van der Waals surface area (Å²) in [6.07, 6.45) is 7.84. The summed E-state index contributed by atoms with van der Waals surface area (Å²) in [6, 6.07) is 5.20. The van der Waals surface area contributed by atoms with Crippen LogP contribution in [0.3, 0.4) is 0 Å². The van der Waals surface area contributed by atoms with E-state index in [4.69, 9.17) is 0 Å². The second kappa shape index (κ2) is 6.67. The van der Waals surface area contributed by atoms with E-state index >= 15 is 0 Å². The van der Waals surface area contributed by atoms with Gasteiger partial charge in [0.2, 0.25) is 0 Å². The monoisotopic (exact) mass is 313 g/mol. The molecule has 1 unspecified atom stereocenters. The van der Waals surface area contributed by atoms with Gasteiger partial charge in [0.1, 0.15) is 5.82 Å². The number of nitrogens with one attached hydrogen (secondary N) is 1. The summed E-state index contributed by atoms with van der Waals surface area (Å²) in [5, 5.41) is 3.34. The summed E-state index contributed by atoms with van der Waals surface area (Å²) in [7, 11) is 1.96.